The summed E-state index contributed by atoms with van der Waals surface area (Å²) in [6.45, 7) is 6.86. The van der Waals surface area contributed by atoms with Crippen LogP contribution in [0.15, 0.2) is 12.2 Å². The SMILES string of the molecule is CCC(C)(C)CNC(=O)NC1C=CC(C(=O)O)C1. The summed E-state index contributed by atoms with van der Waals surface area (Å²) in [5.74, 6) is -1.33. The zero-order valence-electron chi connectivity index (χ0n) is 11.2. The molecule has 0 aromatic heterocycles. The average Bonchev–Trinajstić information content (AvgIpc) is 2.75. The molecule has 1 aliphatic rings. The monoisotopic (exact) mass is 254 g/mol. The van der Waals surface area contributed by atoms with Crippen LogP contribution >= 0.6 is 0 Å². The van der Waals surface area contributed by atoms with Crippen molar-refractivity contribution in [1.82, 2.24) is 10.6 Å². The first kappa shape index (κ1) is 14.5. The van der Waals surface area contributed by atoms with Gasteiger partial charge in [-0.2, -0.15) is 0 Å². The van der Waals surface area contributed by atoms with E-state index < -0.39 is 11.9 Å². The molecule has 102 valence electrons. The van der Waals surface area contributed by atoms with Crippen LogP contribution < -0.4 is 10.6 Å². The third-order valence-corrected chi connectivity index (χ3v) is 3.40. The highest BCUT2D eigenvalue weighted by Gasteiger charge is 2.25. The maximum Gasteiger partial charge on any atom is 0.315 e. The Morgan fingerprint density at radius 1 is 1.39 bits per heavy atom. The second-order valence-corrected chi connectivity index (χ2v) is 5.52. The molecule has 18 heavy (non-hydrogen) atoms. The first-order valence-electron chi connectivity index (χ1n) is 6.29. The van der Waals surface area contributed by atoms with Crippen LogP contribution in [0.5, 0.6) is 0 Å². The van der Waals surface area contributed by atoms with Crippen LogP contribution in [0.4, 0.5) is 4.79 Å². The molecule has 5 nitrogen and oxygen atoms in total. The molecule has 2 atom stereocenters. The number of nitrogens with one attached hydrogen (secondary N) is 2. The Morgan fingerprint density at radius 3 is 2.56 bits per heavy atom. The number of carboxylic acids is 1. The number of aliphatic carboxylic acids is 1. The van der Waals surface area contributed by atoms with Crippen LogP contribution in [-0.2, 0) is 4.79 Å². The fourth-order valence-electron chi connectivity index (χ4n) is 1.65. The lowest BCUT2D eigenvalue weighted by Gasteiger charge is -2.23. The minimum atomic E-state index is -0.844. The van der Waals surface area contributed by atoms with Gasteiger partial charge >= 0.3 is 12.0 Å². The van der Waals surface area contributed by atoms with Gasteiger partial charge < -0.3 is 15.7 Å². The van der Waals surface area contributed by atoms with Gasteiger partial charge in [-0.3, -0.25) is 4.79 Å². The molecule has 3 N–H and O–H groups in total. The number of hydrogen-bond donors (Lipinski definition) is 3. The second-order valence-electron chi connectivity index (χ2n) is 5.52. The number of hydrogen-bond acceptors (Lipinski definition) is 2. The first-order chi connectivity index (χ1) is 8.34. The van der Waals surface area contributed by atoms with Crippen LogP contribution in [0.3, 0.4) is 0 Å². The van der Waals surface area contributed by atoms with Gasteiger partial charge in [0.2, 0.25) is 0 Å². The fourth-order valence-corrected chi connectivity index (χ4v) is 1.65. The zero-order valence-corrected chi connectivity index (χ0v) is 11.2. The number of amides is 2. The lowest BCUT2D eigenvalue weighted by Crippen LogP contribution is -2.44. The highest BCUT2D eigenvalue weighted by molar-refractivity contribution is 5.76. The third kappa shape index (κ3) is 4.39. The van der Waals surface area contributed by atoms with E-state index >= 15 is 0 Å². The van der Waals surface area contributed by atoms with Crippen molar-refractivity contribution in [2.75, 3.05) is 6.54 Å². The Balaban J connectivity index is 2.30. The summed E-state index contributed by atoms with van der Waals surface area (Å²) in [6.07, 6.45) is 4.78. The van der Waals surface area contributed by atoms with Crippen LogP contribution in [0.25, 0.3) is 0 Å². The molecule has 0 aliphatic heterocycles. The van der Waals surface area contributed by atoms with E-state index in [-0.39, 0.29) is 17.5 Å². The first-order valence-corrected chi connectivity index (χ1v) is 6.29. The van der Waals surface area contributed by atoms with Crippen LogP contribution in [-0.4, -0.2) is 29.7 Å². The predicted octanol–water partition coefficient (Wildman–Crippen LogP) is 1.75. The number of rotatable bonds is 5. The Bertz CT molecular complexity index is 350. The van der Waals surface area contributed by atoms with E-state index in [4.69, 9.17) is 5.11 Å². The average molecular weight is 254 g/mol. The van der Waals surface area contributed by atoms with E-state index in [2.05, 4.69) is 31.4 Å². The van der Waals surface area contributed by atoms with Gasteiger partial charge in [0, 0.05) is 6.54 Å². The van der Waals surface area contributed by atoms with Crippen molar-refractivity contribution in [1.29, 1.82) is 0 Å². The largest absolute Gasteiger partial charge is 0.481 e. The molecule has 1 rings (SSSR count). The fraction of sp³-hybridized carbons (Fsp3) is 0.692. The summed E-state index contributed by atoms with van der Waals surface area (Å²) in [5.41, 5.74) is 0.0758. The van der Waals surface area contributed by atoms with Gasteiger partial charge in [0.1, 0.15) is 0 Å². The van der Waals surface area contributed by atoms with Crippen molar-refractivity contribution in [3.05, 3.63) is 12.2 Å². The van der Waals surface area contributed by atoms with Gasteiger partial charge in [0.15, 0.2) is 0 Å². The van der Waals surface area contributed by atoms with Crippen LogP contribution in [0.1, 0.15) is 33.6 Å². The van der Waals surface area contributed by atoms with E-state index in [1.54, 1.807) is 12.2 Å². The van der Waals surface area contributed by atoms with E-state index in [9.17, 15) is 9.59 Å². The van der Waals surface area contributed by atoms with Gasteiger partial charge in [0.05, 0.1) is 12.0 Å². The molecule has 1 aliphatic carbocycles. The highest BCUT2D eigenvalue weighted by atomic mass is 16.4. The Labute approximate surface area is 108 Å². The van der Waals surface area contributed by atoms with E-state index in [0.717, 1.165) is 6.42 Å². The predicted molar refractivity (Wildman–Crippen MR) is 69.3 cm³/mol. The van der Waals surface area contributed by atoms with Gasteiger partial charge in [-0.15, -0.1) is 0 Å². The Hall–Kier alpha value is -1.52. The lowest BCUT2D eigenvalue weighted by molar-refractivity contribution is -0.140. The summed E-state index contributed by atoms with van der Waals surface area (Å²) in [4.78, 5) is 22.4. The van der Waals surface area contributed by atoms with Crippen LogP contribution in [0.2, 0.25) is 0 Å². The lowest BCUT2D eigenvalue weighted by atomic mass is 9.90. The molecule has 0 heterocycles. The molecular formula is C13H22N2O3. The summed E-state index contributed by atoms with van der Waals surface area (Å²) in [7, 11) is 0. The van der Waals surface area contributed by atoms with Crippen molar-refractivity contribution < 1.29 is 14.7 Å². The molecule has 5 heteroatoms. The molecule has 0 saturated carbocycles. The molecule has 0 saturated heterocycles. The summed E-state index contributed by atoms with van der Waals surface area (Å²) in [6, 6.07) is -0.423. The molecule has 0 radical (unpaired) electrons. The minimum absolute atomic E-state index is 0.0758. The van der Waals surface area contributed by atoms with Crippen molar-refractivity contribution >= 4 is 12.0 Å². The molecule has 0 aromatic carbocycles. The van der Waals surface area contributed by atoms with Crippen molar-refractivity contribution in [3.8, 4) is 0 Å². The minimum Gasteiger partial charge on any atom is -0.481 e. The van der Waals surface area contributed by atoms with Crippen molar-refractivity contribution in [2.45, 2.75) is 39.7 Å². The van der Waals surface area contributed by atoms with E-state index in [1.807, 2.05) is 0 Å². The number of carbonyl (C=O) groups excluding carboxylic acids is 1. The zero-order chi connectivity index (χ0) is 13.8. The summed E-state index contributed by atoms with van der Waals surface area (Å²) in [5, 5.41) is 14.4. The molecule has 2 unspecified atom stereocenters. The summed E-state index contributed by atoms with van der Waals surface area (Å²) < 4.78 is 0. The molecule has 0 bridgehead atoms. The molecule has 2 amide bonds. The van der Waals surface area contributed by atoms with Gasteiger partial charge in [-0.1, -0.05) is 32.9 Å². The second kappa shape index (κ2) is 5.89. The highest BCUT2D eigenvalue weighted by Crippen LogP contribution is 2.19. The van der Waals surface area contributed by atoms with Crippen molar-refractivity contribution in [3.63, 3.8) is 0 Å². The van der Waals surface area contributed by atoms with Gasteiger partial charge in [0.25, 0.3) is 0 Å². The maximum atomic E-state index is 11.6. The molecular weight excluding hydrogens is 232 g/mol. The standard InChI is InChI=1S/C13H22N2O3/c1-4-13(2,3)8-14-12(18)15-10-6-5-9(7-10)11(16)17/h5-6,9-10H,4,7-8H2,1-3H3,(H,16,17)(H2,14,15,18). The number of carboxylic acid groups (broad SMARTS) is 1. The molecule has 0 fully saturated rings. The smallest absolute Gasteiger partial charge is 0.315 e. The molecule has 0 spiro atoms. The van der Waals surface area contributed by atoms with E-state index in [0.29, 0.717) is 13.0 Å². The number of urea groups is 1. The molecule has 0 aromatic rings. The summed E-state index contributed by atoms with van der Waals surface area (Å²) >= 11 is 0. The number of carbonyl (C=O) groups is 2. The van der Waals surface area contributed by atoms with Crippen LogP contribution in [0, 0.1) is 11.3 Å². The van der Waals surface area contributed by atoms with Gasteiger partial charge in [-0.05, 0) is 18.3 Å². The third-order valence-electron chi connectivity index (χ3n) is 3.40. The van der Waals surface area contributed by atoms with Gasteiger partial charge in [-0.25, -0.2) is 4.79 Å². The van der Waals surface area contributed by atoms with Crippen molar-refractivity contribution in [2.24, 2.45) is 11.3 Å². The quantitative estimate of drug-likeness (QED) is 0.654. The van der Waals surface area contributed by atoms with E-state index in [1.165, 1.54) is 0 Å². The Morgan fingerprint density at radius 2 is 2.06 bits per heavy atom. The maximum absolute atomic E-state index is 11.6. The topological polar surface area (TPSA) is 78.4 Å². The normalized spacial score (nSPS) is 22.8. The Kier molecular flexibility index (Phi) is 4.76.